The summed E-state index contributed by atoms with van der Waals surface area (Å²) in [6.45, 7) is 0. The van der Waals surface area contributed by atoms with Crippen LogP contribution in [0.3, 0.4) is 0 Å². The summed E-state index contributed by atoms with van der Waals surface area (Å²) in [5.74, 6) is 0. The van der Waals surface area contributed by atoms with Gasteiger partial charge in [0.05, 0.1) is 7.82 Å². The van der Waals surface area contributed by atoms with Crippen molar-refractivity contribution in [2.45, 2.75) is 0 Å². The molecule has 0 aromatic rings. The molecular weight excluding hydrogens is 246 g/mol. The van der Waals surface area contributed by atoms with Gasteiger partial charge in [0.1, 0.15) is 0 Å². The second kappa shape index (κ2) is 6.28. The summed E-state index contributed by atoms with van der Waals surface area (Å²) in [6, 6.07) is 0. The smallest absolute Gasteiger partial charge is 0.790 e. The Morgan fingerprint density at radius 2 is 0.909 bits per heavy atom. The van der Waals surface area contributed by atoms with Crippen LogP contribution in [0.4, 0.5) is 0 Å². The molecule has 1 radical (unpaired) electrons. The van der Waals surface area contributed by atoms with Crippen LogP contribution in [-0.2, 0) is 26.2 Å². The molecule has 0 aromatic heterocycles. The normalized spacial score (nSPS) is 10.7. The third kappa shape index (κ3) is 1500. The van der Waals surface area contributed by atoms with Gasteiger partial charge in [-0.25, -0.2) is 0 Å². The maximum Gasteiger partial charge on any atom is 3.00 e. The van der Waals surface area contributed by atoms with Crippen molar-refractivity contribution in [1.29, 1.82) is 0 Å². The summed E-state index contributed by atoms with van der Waals surface area (Å²) >= 11 is 0. The molecular formula is H3FeO8P2. The standard InChI is InChI=1S/Fe.2H3O4P/c;2*1-5(2,3)4/h;2*(H3,1,2,3,4)/q+3;;/p-3. The first-order valence-corrected chi connectivity index (χ1v) is 4.54. The van der Waals surface area contributed by atoms with Crippen molar-refractivity contribution in [3.63, 3.8) is 0 Å². The summed E-state index contributed by atoms with van der Waals surface area (Å²) in [5, 5.41) is 0. The Kier molecular flexibility index (Phi) is 10.1. The minimum Gasteiger partial charge on any atom is -0.790 e. The molecule has 0 rings (SSSR count). The van der Waals surface area contributed by atoms with Gasteiger partial charge in [-0.05, 0) is 0 Å². The van der Waals surface area contributed by atoms with E-state index in [9.17, 15) is 0 Å². The fourth-order valence-corrected chi connectivity index (χ4v) is 0. The molecule has 0 saturated heterocycles. The molecule has 0 aromatic carbocycles. The Hall–Kier alpha value is 0.739. The Morgan fingerprint density at radius 3 is 0.909 bits per heavy atom. The van der Waals surface area contributed by atoms with Crippen molar-refractivity contribution in [3.8, 4) is 0 Å². The van der Waals surface area contributed by atoms with Gasteiger partial charge in [-0.15, -0.1) is 0 Å². The summed E-state index contributed by atoms with van der Waals surface area (Å²) in [7, 11) is -10.0. The first kappa shape index (κ1) is 17.7. The minimum absolute atomic E-state index is 0. The molecule has 0 atom stereocenters. The van der Waals surface area contributed by atoms with Crippen LogP contribution in [0.1, 0.15) is 0 Å². The van der Waals surface area contributed by atoms with Gasteiger partial charge in [0, 0.05) is 0 Å². The van der Waals surface area contributed by atoms with Gasteiger partial charge in [0.25, 0.3) is 7.82 Å². The molecule has 11 heavy (non-hydrogen) atoms. The van der Waals surface area contributed by atoms with E-state index in [1.807, 2.05) is 0 Å². The number of hydrogen-bond acceptors (Lipinski definition) is 5. The zero-order valence-corrected chi connectivity index (χ0v) is 7.52. The molecule has 0 aliphatic rings. The van der Waals surface area contributed by atoms with Crippen molar-refractivity contribution >= 4 is 15.6 Å². The Morgan fingerprint density at radius 1 is 0.909 bits per heavy atom. The van der Waals surface area contributed by atoms with Crippen LogP contribution in [0, 0.1) is 0 Å². The topological polar surface area (TPSA) is 164 Å². The molecule has 0 bridgehead atoms. The summed E-state index contributed by atoms with van der Waals surface area (Å²) in [6.07, 6.45) is 0. The van der Waals surface area contributed by atoms with E-state index in [4.69, 9.17) is 38.5 Å². The maximum atomic E-state index is 8.77. The van der Waals surface area contributed by atoms with Crippen LogP contribution in [0.2, 0.25) is 0 Å². The van der Waals surface area contributed by atoms with Crippen LogP contribution in [-0.4, -0.2) is 14.7 Å². The van der Waals surface area contributed by atoms with Crippen molar-refractivity contribution in [2.24, 2.45) is 0 Å². The Labute approximate surface area is 71.8 Å². The fourth-order valence-electron chi connectivity index (χ4n) is 0. The summed E-state index contributed by atoms with van der Waals surface area (Å²) < 4.78 is 17.4. The molecule has 8 nitrogen and oxygen atoms in total. The molecule has 0 aliphatic heterocycles. The van der Waals surface area contributed by atoms with Gasteiger partial charge in [-0.3, -0.25) is 4.57 Å². The molecule has 11 heteroatoms. The third-order valence-corrected chi connectivity index (χ3v) is 0. The van der Waals surface area contributed by atoms with Crippen LogP contribution >= 0.6 is 15.6 Å². The van der Waals surface area contributed by atoms with E-state index in [0.29, 0.717) is 0 Å². The molecule has 0 spiro atoms. The monoisotopic (exact) mass is 249 g/mol. The third-order valence-electron chi connectivity index (χ3n) is 0. The second-order valence-electron chi connectivity index (χ2n) is 0.959. The van der Waals surface area contributed by atoms with Crippen molar-refractivity contribution in [1.82, 2.24) is 0 Å². The van der Waals surface area contributed by atoms with Crippen molar-refractivity contribution in [3.05, 3.63) is 0 Å². The minimum atomic E-state index is -5.14. The predicted octanol–water partition coefficient (Wildman–Crippen LogP) is -3.76. The molecule has 0 aliphatic carbocycles. The van der Waals surface area contributed by atoms with Gasteiger partial charge in [0.15, 0.2) is 0 Å². The number of hydrogen-bond donors (Lipinski definition) is 3. The molecule has 0 amide bonds. The number of phosphoric acid groups is 2. The molecule has 0 heterocycles. The van der Waals surface area contributed by atoms with E-state index in [-0.39, 0.29) is 17.1 Å². The van der Waals surface area contributed by atoms with Crippen LogP contribution in [0.25, 0.3) is 0 Å². The van der Waals surface area contributed by atoms with E-state index >= 15 is 0 Å². The van der Waals surface area contributed by atoms with Gasteiger partial charge < -0.3 is 33.9 Å². The SMILES string of the molecule is O=P([O-])(O)O.O=P([O-])([O-])O.[Fe+3]. The van der Waals surface area contributed by atoms with Crippen molar-refractivity contribution in [2.75, 3.05) is 0 Å². The van der Waals surface area contributed by atoms with Crippen molar-refractivity contribution < 1.29 is 55.6 Å². The van der Waals surface area contributed by atoms with E-state index in [1.54, 1.807) is 0 Å². The van der Waals surface area contributed by atoms with E-state index < -0.39 is 15.6 Å². The molecule has 0 saturated carbocycles. The van der Waals surface area contributed by atoms with Crippen LogP contribution in [0.15, 0.2) is 0 Å². The first-order valence-electron chi connectivity index (χ1n) is 1.51. The predicted molar refractivity (Wildman–Crippen MR) is 21.9 cm³/mol. The van der Waals surface area contributed by atoms with Crippen LogP contribution < -0.4 is 14.7 Å². The van der Waals surface area contributed by atoms with Gasteiger partial charge in [-0.2, -0.15) is 0 Å². The quantitative estimate of drug-likeness (QED) is 0.290. The fraction of sp³-hybridized carbons (Fsp3) is 0. The van der Waals surface area contributed by atoms with E-state index in [0.717, 1.165) is 0 Å². The zero-order valence-electron chi connectivity index (χ0n) is 4.63. The molecule has 3 N–H and O–H groups in total. The Balaban J connectivity index is -0.000000107. The van der Waals surface area contributed by atoms with E-state index in [2.05, 4.69) is 0 Å². The van der Waals surface area contributed by atoms with Gasteiger partial charge in [-0.1, -0.05) is 0 Å². The van der Waals surface area contributed by atoms with Gasteiger partial charge in [0.2, 0.25) is 0 Å². The molecule has 0 fully saturated rings. The Bertz CT molecular complexity index is 124. The summed E-state index contributed by atoms with van der Waals surface area (Å²) in [4.78, 5) is 47.2. The average molecular weight is 249 g/mol. The second-order valence-corrected chi connectivity index (χ2v) is 2.88. The zero-order chi connectivity index (χ0) is 9.00. The van der Waals surface area contributed by atoms with Gasteiger partial charge >= 0.3 is 17.1 Å². The molecule has 69 valence electrons. The maximum absolute atomic E-state index is 8.77. The molecule has 0 unspecified atom stereocenters. The number of rotatable bonds is 0. The van der Waals surface area contributed by atoms with Crippen LogP contribution in [0.5, 0.6) is 0 Å². The van der Waals surface area contributed by atoms with E-state index in [1.165, 1.54) is 0 Å². The summed E-state index contributed by atoms with van der Waals surface area (Å²) in [5.41, 5.74) is 0. The average Bonchev–Trinajstić information content (AvgIpc) is 1.12. The largest absolute Gasteiger partial charge is 3.00 e. The first-order chi connectivity index (χ1) is 4.00.